The van der Waals surface area contributed by atoms with Crippen molar-refractivity contribution < 1.29 is 0 Å². The minimum Gasteiger partial charge on any atom is -0.271 e. The lowest BCUT2D eigenvalue weighted by Crippen LogP contribution is -2.27. The minimum absolute atomic E-state index is 0.0197. The molecule has 0 radical (unpaired) electrons. The molecule has 0 amide bonds. The first-order valence-electron chi connectivity index (χ1n) is 3.67. The molecule has 0 bridgehead atoms. The van der Waals surface area contributed by atoms with Crippen LogP contribution in [0.5, 0.6) is 0 Å². The van der Waals surface area contributed by atoms with Gasteiger partial charge in [0.1, 0.15) is 0 Å². The van der Waals surface area contributed by atoms with Crippen molar-refractivity contribution in [3.05, 3.63) is 33.5 Å². The van der Waals surface area contributed by atoms with Crippen molar-refractivity contribution in [3.63, 3.8) is 0 Å². The highest BCUT2D eigenvalue weighted by Crippen LogP contribution is 2.24. The zero-order valence-electron chi connectivity index (χ0n) is 6.68. The Hall–Kier alpha value is -0.820. The number of hydrogen-bond donors (Lipinski definition) is 2. The summed E-state index contributed by atoms with van der Waals surface area (Å²) in [7, 11) is 0. The quantitative estimate of drug-likeness (QED) is 0.592. The van der Waals surface area contributed by atoms with Gasteiger partial charge in [0.2, 0.25) is 0 Å². The van der Waals surface area contributed by atoms with E-state index in [1.54, 1.807) is 17.5 Å². The lowest BCUT2D eigenvalue weighted by atomic mass is 10.1. The predicted molar refractivity (Wildman–Crippen MR) is 53.4 cm³/mol. The SMILES string of the molecule is NNC(c1ccsc1)c1cnns1. The Bertz CT molecular complexity index is 308. The van der Waals surface area contributed by atoms with Gasteiger partial charge in [0.25, 0.3) is 0 Å². The van der Waals surface area contributed by atoms with Gasteiger partial charge in [-0.2, -0.15) is 11.3 Å². The zero-order chi connectivity index (χ0) is 9.10. The molecule has 3 N–H and O–H groups in total. The summed E-state index contributed by atoms with van der Waals surface area (Å²) in [5.41, 5.74) is 3.90. The topological polar surface area (TPSA) is 63.8 Å². The van der Waals surface area contributed by atoms with Crippen LogP contribution < -0.4 is 11.3 Å². The maximum absolute atomic E-state index is 5.46. The van der Waals surface area contributed by atoms with Crippen LogP contribution in [0.3, 0.4) is 0 Å². The Morgan fingerprint density at radius 2 is 2.46 bits per heavy atom. The molecule has 0 saturated carbocycles. The number of nitrogens with zero attached hydrogens (tertiary/aromatic N) is 2. The van der Waals surface area contributed by atoms with Crippen molar-refractivity contribution in [2.45, 2.75) is 6.04 Å². The number of rotatable bonds is 3. The third-order valence-electron chi connectivity index (χ3n) is 1.71. The van der Waals surface area contributed by atoms with Gasteiger partial charge in [-0.3, -0.25) is 5.84 Å². The highest BCUT2D eigenvalue weighted by molar-refractivity contribution is 7.08. The van der Waals surface area contributed by atoms with E-state index in [-0.39, 0.29) is 6.04 Å². The molecule has 0 spiro atoms. The Morgan fingerprint density at radius 3 is 3.00 bits per heavy atom. The van der Waals surface area contributed by atoms with Crippen LogP contribution in [0.1, 0.15) is 16.5 Å². The van der Waals surface area contributed by atoms with Crippen molar-refractivity contribution in [2.24, 2.45) is 5.84 Å². The van der Waals surface area contributed by atoms with Crippen LogP contribution in [0.25, 0.3) is 0 Å². The molecule has 1 unspecified atom stereocenters. The van der Waals surface area contributed by atoms with Crippen LogP contribution >= 0.6 is 22.9 Å². The molecule has 2 rings (SSSR count). The Balaban J connectivity index is 2.29. The van der Waals surface area contributed by atoms with E-state index in [0.29, 0.717) is 0 Å². The van der Waals surface area contributed by atoms with E-state index in [0.717, 1.165) is 10.4 Å². The normalized spacial score (nSPS) is 13.0. The molecule has 0 saturated heterocycles. The van der Waals surface area contributed by atoms with Gasteiger partial charge in [0.15, 0.2) is 0 Å². The largest absolute Gasteiger partial charge is 0.271 e. The van der Waals surface area contributed by atoms with E-state index in [4.69, 9.17) is 5.84 Å². The Kier molecular flexibility index (Phi) is 2.65. The number of hydrogen-bond acceptors (Lipinski definition) is 6. The molecule has 4 nitrogen and oxygen atoms in total. The van der Waals surface area contributed by atoms with Gasteiger partial charge in [-0.1, -0.05) is 4.49 Å². The van der Waals surface area contributed by atoms with Crippen LogP contribution in [0.4, 0.5) is 0 Å². The molecule has 2 aromatic heterocycles. The van der Waals surface area contributed by atoms with E-state index >= 15 is 0 Å². The predicted octanol–water partition coefficient (Wildman–Crippen LogP) is 1.15. The molecule has 0 aliphatic carbocycles. The van der Waals surface area contributed by atoms with Gasteiger partial charge in [0.05, 0.1) is 17.1 Å². The second-order valence-corrected chi connectivity index (χ2v) is 4.07. The molecule has 13 heavy (non-hydrogen) atoms. The van der Waals surface area contributed by atoms with Gasteiger partial charge >= 0.3 is 0 Å². The van der Waals surface area contributed by atoms with Crippen LogP contribution in [-0.2, 0) is 0 Å². The van der Waals surface area contributed by atoms with Crippen molar-refractivity contribution in [1.29, 1.82) is 0 Å². The zero-order valence-corrected chi connectivity index (χ0v) is 8.31. The van der Waals surface area contributed by atoms with Gasteiger partial charge in [-0.15, -0.1) is 5.10 Å². The standard InChI is InChI=1S/C7H8N4S2/c8-10-7(5-1-2-12-4-5)6-3-9-11-13-6/h1-4,7,10H,8H2. The van der Waals surface area contributed by atoms with Crippen LogP contribution in [0.2, 0.25) is 0 Å². The number of nitrogens with two attached hydrogens (primary N) is 1. The van der Waals surface area contributed by atoms with Crippen molar-refractivity contribution >= 4 is 22.9 Å². The maximum Gasteiger partial charge on any atom is 0.0842 e. The molecule has 68 valence electrons. The highest BCUT2D eigenvalue weighted by Gasteiger charge is 2.14. The fourth-order valence-corrected chi connectivity index (χ4v) is 2.36. The van der Waals surface area contributed by atoms with Gasteiger partial charge < -0.3 is 0 Å². The molecule has 2 aromatic rings. The third-order valence-corrected chi connectivity index (χ3v) is 3.14. The summed E-state index contributed by atoms with van der Waals surface area (Å²) >= 11 is 3.00. The van der Waals surface area contributed by atoms with Crippen LogP contribution in [0, 0.1) is 0 Å². The molecule has 0 aromatic carbocycles. The summed E-state index contributed by atoms with van der Waals surface area (Å²) in [4.78, 5) is 1.03. The van der Waals surface area contributed by atoms with Crippen LogP contribution in [-0.4, -0.2) is 9.59 Å². The van der Waals surface area contributed by atoms with Gasteiger partial charge in [-0.05, 0) is 33.9 Å². The smallest absolute Gasteiger partial charge is 0.0842 e. The molecule has 1 atom stereocenters. The molecular weight excluding hydrogens is 204 g/mol. The van der Waals surface area contributed by atoms with Crippen LogP contribution in [0.15, 0.2) is 23.0 Å². The van der Waals surface area contributed by atoms with Crippen molar-refractivity contribution in [3.8, 4) is 0 Å². The average molecular weight is 212 g/mol. The van der Waals surface area contributed by atoms with E-state index in [2.05, 4.69) is 20.4 Å². The lowest BCUT2D eigenvalue weighted by Gasteiger charge is -2.10. The van der Waals surface area contributed by atoms with E-state index in [9.17, 15) is 0 Å². The Morgan fingerprint density at radius 1 is 1.54 bits per heavy atom. The molecule has 6 heteroatoms. The summed E-state index contributed by atoms with van der Waals surface area (Å²) in [5.74, 6) is 5.46. The summed E-state index contributed by atoms with van der Waals surface area (Å²) < 4.78 is 3.80. The lowest BCUT2D eigenvalue weighted by molar-refractivity contribution is 0.647. The van der Waals surface area contributed by atoms with Gasteiger partial charge in [0, 0.05) is 0 Å². The molecule has 0 aliphatic rings. The second-order valence-electron chi connectivity index (χ2n) is 2.48. The monoisotopic (exact) mass is 212 g/mol. The molecule has 0 fully saturated rings. The van der Waals surface area contributed by atoms with E-state index < -0.39 is 0 Å². The third kappa shape index (κ3) is 1.75. The number of aromatic nitrogens is 2. The average Bonchev–Trinajstić information content (AvgIpc) is 2.76. The second kappa shape index (κ2) is 3.93. The van der Waals surface area contributed by atoms with E-state index in [1.807, 2.05) is 11.4 Å². The highest BCUT2D eigenvalue weighted by atomic mass is 32.1. The van der Waals surface area contributed by atoms with Crippen molar-refractivity contribution in [1.82, 2.24) is 15.0 Å². The van der Waals surface area contributed by atoms with Crippen molar-refractivity contribution in [2.75, 3.05) is 0 Å². The summed E-state index contributed by atoms with van der Waals surface area (Å²) in [5, 5.41) is 7.86. The Labute approximate surface area is 83.5 Å². The summed E-state index contributed by atoms with van der Waals surface area (Å²) in [6.45, 7) is 0. The van der Waals surface area contributed by atoms with E-state index in [1.165, 1.54) is 11.5 Å². The summed E-state index contributed by atoms with van der Waals surface area (Å²) in [6.07, 6.45) is 1.73. The molecular formula is C7H8N4S2. The molecule has 2 heterocycles. The maximum atomic E-state index is 5.46. The fraction of sp³-hybridized carbons (Fsp3) is 0.143. The fourth-order valence-electron chi connectivity index (χ4n) is 1.08. The first-order valence-corrected chi connectivity index (χ1v) is 5.39. The number of thiophene rings is 1. The summed E-state index contributed by atoms with van der Waals surface area (Å²) in [6, 6.07) is 2.06. The number of hydrazine groups is 1. The first kappa shape index (κ1) is 8.76. The minimum atomic E-state index is 0.0197. The van der Waals surface area contributed by atoms with Gasteiger partial charge in [-0.25, -0.2) is 5.43 Å². The molecule has 0 aliphatic heterocycles. The first-order chi connectivity index (χ1) is 6.42. The number of nitrogens with one attached hydrogen (secondary N) is 1.